The van der Waals surface area contributed by atoms with Crippen molar-refractivity contribution >= 4 is 17.1 Å². The van der Waals surface area contributed by atoms with Crippen molar-refractivity contribution in [3.05, 3.63) is 52.5 Å². The quantitative estimate of drug-likeness (QED) is 0.757. The minimum Gasteiger partial charge on any atom is -0.293 e. The van der Waals surface area contributed by atoms with Gasteiger partial charge < -0.3 is 0 Å². The molecule has 0 spiro atoms. The van der Waals surface area contributed by atoms with E-state index in [-0.39, 0.29) is 11.7 Å². The lowest BCUT2D eigenvalue weighted by Crippen LogP contribution is -2.00. The maximum atomic E-state index is 12.0. The first-order chi connectivity index (χ1) is 7.86. The van der Waals surface area contributed by atoms with E-state index in [1.54, 1.807) is 11.7 Å². The molecule has 2 atom stereocenters. The van der Waals surface area contributed by atoms with Gasteiger partial charge in [0.15, 0.2) is 5.78 Å². The van der Waals surface area contributed by atoms with E-state index in [0.717, 1.165) is 11.3 Å². The minimum absolute atomic E-state index is 0.183. The zero-order valence-corrected chi connectivity index (χ0v) is 9.48. The van der Waals surface area contributed by atoms with Crippen molar-refractivity contribution < 1.29 is 4.79 Å². The van der Waals surface area contributed by atoms with Crippen molar-refractivity contribution in [2.24, 2.45) is 5.92 Å². The maximum absolute atomic E-state index is 12.0. The first-order valence-electron chi connectivity index (χ1n) is 5.34. The molecule has 1 aliphatic carbocycles. The molecule has 1 fully saturated rings. The smallest absolute Gasteiger partial charge is 0.178 e. The summed E-state index contributed by atoms with van der Waals surface area (Å²) in [6.07, 6.45) is 2.66. The van der Waals surface area contributed by atoms with Gasteiger partial charge in [-0.15, -0.1) is 11.3 Å². The Bertz CT molecular complexity index is 492. The number of ketones is 1. The van der Waals surface area contributed by atoms with Crippen molar-refractivity contribution in [3.8, 4) is 0 Å². The van der Waals surface area contributed by atoms with Crippen LogP contribution in [0, 0.1) is 5.92 Å². The van der Waals surface area contributed by atoms with E-state index in [4.69, 9.17) is 0 Å². The zero-order chi connectivity index (χ0) is 11.0. The number of benzene rings is 1. The second-order valence-electron chi connectivity index (χ2n) is 4.09. The molecule has 0 radical (unpaired) electrons. The molecule has 0 amide bonds. The highest BCUT2D eigenvalue weighted by Crippen LogP contribution is 2.49. The van der Waals surface area contributed by atoms with E-state index < -0.39 is 0 Å². The van der Waals surface area contributed by atoms with Crippen LogP contribution in [0.4, 0.5) is 0 Å². The third kappa shape index (κ3) is 1.67. The predicted molar refractivity (Wildman–Crippen MR) is 63.7 cm³/mol. The molecule has 80 valence electrons. The Morgan fingerprint density at radius 3 is 2.81 bits per heavy atom. The van der Waals surface area contributed by atoms with Crippen molar-refractivity contribution in [1.82, 2.24) is 4.98 Å². The summed E-state index contributed by atoms with van der Waals surface area (Å²) in [5.41, 5.74) is 3.00. The average molecular weight is 229 g/mol. The number of thiazole rings is 1. The lowest BCUT2D eigenvalue weighted by atomic mass is 10.1. The molecule has 1 aromatic carbocycles. The molecule has 1 aromatic heterocycles. The summed E-state index contributed by atoms with van der Waals surface area (Å²) < 4.78 is 0. The summed E-state index contributed by atoms with van der Waals surface area (Å²) in [5, 5.41) is 0. The SMILES string of the molecule is O=C(c1cncs1)C1CC1c1ccccc1. The molecule has 1 saturated carbocycles. The fourth-order valence-electron chi connectivity index (χ4n) is 2.07. The van der Waals surface area contributed by atoms with Crippen LogP contribution in [0.5, 0.6) is 0 Å². The first kappa shape index (κ1) is 9.73. The minimum atomic E-state index is 0.183. The topological polar surface area (TPSA) is 30.0 Å². The van der Waals surface area contributed by atoms with Crippen LogP contribution in [0.1, 0.15) is 27.6 Å². The van der Waals surface area contributed by atoms with Gasteiger partial charge in [-0.05, 0) is 17.9 Å². The van der Waals surface area contributed by atoms with E-state index in [9.17, 15) is 4.79 Å². The van der Waals surface area contributed by atoms with Gasteiger partial charge in [0.05, 0.1) is 10.4 Å². The zero-order valence-electron chi connectivity index (χ0n) is 8.67. The first-order valence-corrected chi connectivity index (χ1v) is 6.22. The number of Topliss-reactive ketones (excluding diaryl/α,β-unsaturated/α-hetero) is 1. The van der Waals surface area contributed by atoms with Gasteiger partial charge in [-0.2, -0.15) is 0 Å². The molecule has 0 saturated heterocycles. The van der Waals surface area contributed by atoms with E-state index in [1.807, 2.05) is 18.2 Å². The summed E-state index contributed by atoms with van der Waals surface area (Å²) in [7, 11) is 0. The summed E-state index contributed by atoms with van der Waals surface area (Å²) in [6.45, 7) is 0. The van der Waals surface area contributed by atoms with Gasteiger partial charge in [0.1, 0.15) is 0 Å². The molecule has 0 N–H and O–H groups in total. The Morgan fingerprint density at radius 2 is 2.12 bits per heavy atom. The molecule has 2 unspecified atom stereocenters. The third-order valence-electron chi connectivity index (χ3n) is 3.03. The van der Waals surface area contributed by atoms with E-state index >= 15 is 0 Å². The van der Waals surface area contributed by atoms with Crippen molar-refractivity contribution in [1.29, 1.82) is 0 Å². The molecule has 1 aliphatic rings. The largest absolute Gasteiger partial charge is 0.293 e. The van der Waals surface area contributed by atoms with Crippen molar-refractivity contribution in [2.45, 2.75) is 12.3 Å². The van der Waals surface area contributed by atoms with Crippen LogP contribution in [-0.2, 0) is 0 Å². The maximum Gasteiger partial charge on any atom is 0.178 e. The standard InChI is InChI=1S/C13H11NOS/c15-13(12-7-14-8-16-12)11-6-10(11)9-4-2-1-3-5-9/h1-5,7-8,10-11H,6H2. The lowest BCUT2D eigenvalue weighted by Gasteiger charge is -1.98. The second-order valence-corrected chi connectivity index (χ2v) is 4.98. The number of aromatic nitrogens is 1. The number of hydrogen-bond acceptors (Lipinski definition) is 3. The molecule has 2 nitrogen and oxygen atoms in total. The van der Waals surface area contributed by atoms with E-state index in [2.05, 4.69) is 17.1 Å². The molecule has 0 bridgehead atoms. The van der Waals surface area contributed by atoms with Crippen molar-refractivity contribution in [3.63, 3.8) is 0 Å². The molecular formula is C13H11NOS. The van der Waals surface area contributed by atoms with Gasteiger partial charge in [-0.3, -0.25) is 9.78 Å². The fourth-order valence-corrected chi connectivity index (χ4v) is 2.70. The van der Waals surface area contributed by atoms with E-state index in [1.165, 1.54) is 16.9 Å². The van der Waals surface area contributed by atoms with Crippen LogP contribution in [-0.4, -0.2) is 10.8 Å². The highest BCUT2D eigenvalue weighted by molar-refractivity contribution is 7.11. The number of carbonyl (C=O) groups excluding carboxylic acids is 1. The molecule has 1 heterocycles. The van der Waals surface area contributed by atoms with Crippen LogP contribution in [0.3, 0.4) is 0 Å². The average Bonchev–Trinajstić information content (AvgIpc) is 2.95. The third-order valence-corrected chi connectivity index (χ3v) is 3.82. The molecular weight excluding hydrogens is 218 g/mol. The molecule has 16 heavy (non-hydrogen) atoms. The molecule has 0 aliphatic heterocycles. The Hall–Kier alpha value is -1.48. The Balaban J connectivity index is 1.75. The van der Waals surface area contributed by atoms with Crippen LogP contribution in [0.25, 0.3) is 0 Å². The lowest BCUT2D eigenvalue weighted by molar-refractivity contribution is 0.0969. The predicted octanol–water partition coefficient (Wildman–Crippen LogP) is 3.13. The van der Waals surface area contributed by atoms with Gasteiger partial charge in [-0.1, -0.05) is 30.3 Å². The number of nitrogens with zero attached hydrogens (tertiary/aromatic N) is 1. The van der Waals surface area contributed by atoms with E-state index in [0.29, 0.717) is 5.92 Å². The van der Waals surface area contributed by atoms with Gasteiger partial charge in [0, 0.05) is 12.1 Å². The second kappa shape index (κ2) is 3.83. The highest BCUT2D eigenvalue weighted by atomic mass is 32.1. The summed E-state index contributed by atoms with van der Waals surface area (Å²) in [4.78, 5) is 16.8. The fraction of sp³-hybridized carbons (Fsp3) is 0.231. The molecule has 3 heteroatoms. The van der Waals surface area contributed by atoms with Gasteiger partial charge in [-0.25, -0.2) is 0 Å². The Labute approximate surface area is 98.0 Å². The molecule has 3 rings (SSSR count). The number of carbonyl (C=O) groups is 1. The highest BCUT2D eigenvalue weighted by Gasteiger charge is 2.44. The van der Waals surface area contributed by atoms with Gasteiger partial charge >= 0.3 is 0 Å². The van der Waals surface area contributed by atoms with Crippen molar-refractivity contribution in [2.75, 3.05) is 0 Å². The number of rotatable bonds is 3. The summed E-state index contributed by atoms with van der Waals surface area (Å²) in [6, 6.07) is 10.3. The van der Waals surface area contributed by atoms with Crippen LogP contribution < -0.4 is 0 Å². The molecule has 2 aromatic rings. The van der Waals surface area contributed by atoms with Crippen LogP contribution in [0.15, 0.2) is 42.0 Å². The van der Waals surface area contributed by atoms with Gasteiger partial charge in [0.2, 0.25) is 0 Å². The summed E-state index contributed by atoms with van der Waals surface area (Å²) >= 11 is 1.44. The van der Waals surface area contributed by atoms with Crippen LogP contribution in [0.2, 0.25) is 0 Å². The van der Waals surface area contributed by atoms with Crippen LogP contribution >= 0.6 is 11.3 Å². The van der Waals surface area contributed by atoms with Gasteiger partial charge in [0.25, 0.3) is 0 Å². The Morgan fingerprint density at radius 1 is 1.31 bits per heavy atom. The normalized spacial score (nSPS) is 23.0. The monoisotopic (exact) mass is 229 g/mol. The Kier molecular flexibility index (Phi) is 2.33. The number of hydrogen-bond donors (Lipinski definition) is 0. The summed E-state index contributed by atoms with van der Waals surface area (Å²) in [5.74, 6) is 0.870.